The number of carbonyl (C=O) groups excluding carboxylic acids is 3. The first-order valence-corrected chi connectivity index (χ1v) is 15.8. The van der Waals surface area contributed by atoms with Crippen LogP contribution < -0.4 is 14.4 Å². The number of halogens is 1. The quantitative estimate of drug-likeness (QED) is 0.178. The highest BCUT2D eigenvalue weighted by molar-refractivity contribution is 8.19. The number of hydrogen-bond donors (Lipinski definition) is 0. The van der Waals surface area contributed by atoms with E-state index in [2.05, 4.69) is 4.90 Å². The third-order valence-electron chi connectivity index (χ3n) is 7.86. The number of ether oxygens (including phenoxy) is 2. The predicted octanol–water partition coefficient (Wildman–Crippen LogP) is 6.57. The summed E-state index contributed by atoms with van der Waals surface area (Å²) in [6.45, 7) is 5.11. The van der Waals surface area contributed by atoms with E-state index in [9.17, 15) is 18.8 Å². The molecule has 6 rings (SSSR count). The Bertz CT molecular complexity index is 1520. The lowest BCUT2D eigenvalue weighted by Gasteiger charge is -2.34. The Balaban J connectivity index is 0.942. The van der Waals surface area contributed by atoms with Gasteiger partial charge < -0.3 is 14.4 Å². The monoisotopic (exact) mass is 615 g/mol. The minimum atomic E-state index is -0.377. The molecular weight excluding hydrogens is 581 g/mol. The molecule has 0 radical (unpaired) electrons. The van der Waals surface area contributed by atoms with Gasteiger partial charge in [-0.2, -0.15) is 0 Å². The molecule has 1 saturated carbocycles. The average molecular weight is 616 g/mol. The van der Waals surface area contributed by atoms with Gasteiger partial charge >= 0.3 is 0 Å². The third kappa shape index (κ3) is 7.49. The summed E-state index contributed by atoms with van der Waals surface area (Å²) >= 11 is 0.897. The number of benzene rings is 3. The molecule has 8 nitrogen and oxygen atoms in total. The molecule has 0 bridgehead atoms. The van der Waals surface area contributed by atoms with Crippen molar-refractivity contribution >= 4 is 40.6 Å². The third-order valence-corrected chi connectivity index (χ3v) is 8.73. The van der Waals surface area contributed by atoms with E-state index >= 15 is 0 Å². The number of anilines is 1. The van der Waals surface area contributed by atoms with Gasteiger partial charge in [-0.25, -0.2) is 9.29 Å². The van der Waals surface area contributed by atoms with Crippen molar-refractivity contribution < 1.29 is 28.2 Å². The van der Waals surface area contributed by atoms with Crippen LogP contribution >= 0.6 is 11.8 Å². The number of amides is 3. The number of carbonyl (C=O) groups is 3. The van der Waals surface area contributed by atoms with Crippen LogP contribution in [0, 0.1) is 11.7 Å². The Kier molecular flexibility index (Phi) is 9.28. The van der Waals surface area contributed by atoms with Gasteiger partial charge in [0.1, 0.15) is 23.1 Å². The molecule has 3 aromatic rings. The number of nitrogens with zero attached hydrogens (tertiary/aromatic N) is 3. The SMILES string of the molecule is O=C(C1CC1)N1CCN(CCCCOc2ccc(N3C(=O)S/C(=C\c4ccc(Oc5ccc(F)cc5)cc4)C3=O)cc2)CC1. The van der Waals surface area contributed by atoms with Gasteiger partial charge in [0.15, 0.2) is 0 Å². The Morgan fingerprint density at radius 1 is 0.841 bits per heavy atom. The molecule has 10 heteroatoms. The number of piperazine rings is 1. The molecule has 2 saturated heterocycles. The second-order valence-corrected chi connectivity index (χ2v) is 12.1. The van der Waals surface area contributed by atoms with Crippen LogP contribution in [0.4, 0.5) is 14.9 Å². The van der Waals surface area contributed by atoms with Crippen molar-refractivity contribution in [1.82, 2.24) is 9.80 Å². The van der Waals surface area contributed by atoms with Crippen LogP contribution in [0.15, 0.2) is 77.7 Å². The van der Waals surface area contributed by atoms with Gasteiger partial charge in [-0.15, -0.1) is 0 Å². The summed E-state index contributed by atoms with van der Waals surface area (Å²) in [5.74, 6) is 1.70. The van der Waals surface area contributed by atoms with Crippen molar-refractivity contribution in [1.29, 1.82) is 0 Å². The molecule has 2 aliphatic heterocycles. The number of unbranched alkanes of at least 4 members (excludes halogenated alkanes) is 1. The maximum absolute atomic E-state index is 13.1. The lowest BCUT2D eigenvalue weighted by Crippen LogP contribution is -2.49. The smallest absolute Gasteiger partial charge is 0.298 e. The standard InChI is InChI=1S/C34H34FN3O5S/c35-26-7-13-30(14-8-26)43-29-11-3-24(4-12-29)23-31-33(40)38(34(41)44-31)27-9-15-28(16-10-27)42-22-2-1-17-36-18-20-37(21-19-36)32(39)25-5-6-25/h3-4,7-16,23,25H,1-2,5-6,17-22H2/b31-23-. The summed E-state index contributed by atoms with van der Waals surface area (Å²) in [4.78, 5) is 44.0. The molecule has 3 aliphatic rings. The van der Waals surface area contributed by atoms with Crippen LogP contribution in [0.25, 0.3) is 6.08 Å². The van der Waals surface area contributed by atoms with Gasteiger partial charge in [0.05, 0.1) is 17.2 Å². The Morgan fingerprint density at radius 3 is 2.14 bits per heavy atom. The van der Waals surface area contributed by atoms with Gasteiger partial charge in [-0.05, 0) is 116 Å². The summed E-state index contributed by atoms with van der Waals surface area (Å²) in [7, 11) is 0. The maximum atomic E-state index is 13.1. The van der Waals surface area contributed by atoms with E-state index in [1.807, 2.05) is 4.90 Å². The first kappa shape index (κ1) is 29.9. The maximum Gasteiger partial charge on any atom is 0.298 e. The van der Waals surface area contributed by atoms with Crippen molar-refractivity contribution in [3.8, 4) is 17.2 Å². The van der Waals surface area contributed by atoms with Crippen molar-refractivity contribution in [2.75, 3.05) is 44.2 Å². The van der Waals surface area contributed by atoms with E-state index in [1.165, 1.54) is 17.0 Å². The zero-order valence-electron chi connectivity index (χ0n) is 24.3. The van der Waals surface area contributed by atoms with Crippen LogP contribution in [0.2, 0.25) is 0 Å². The van der Waals surface area contributed by atoms with E-state index in [0.717, 1.165) is 75.7 Å². The molecule has 2 heterocycles. The molecule has 3 aromatic carbocycles. The van der Waals surface area contributed by atoms with Crippen LogP contribution in [-0.2, 0) is 9.59 Å². The van der Waals surface area contributed by atoms with Crippen LogP contribution in [0.5, 0.6) is 17.2 Å². The molecule has 0 N–H and O–H groups in total. The number of thioether (sulfide) groups is 1. The molecule has 1 aliphatic carbocycles. The van der Waals surface area contributed by atoms with Crippen LogP contribution in [0.3, 0.4) is 0 Å². The molecule has 3 amide bonds. The lowest BCUT2D eigenvalue weighted by molar-refractivity contribution is -0.134. The zero-order chi connectivity index (χ0) is 30.5. The van der Waals surface area contributed by atoms with Crippen LogP contribution in [-0.4, -0.2) is 66.2 Å². The van der Waals surface area contributed by atoms with E-state index in [0.29, 0.717) is 46.3 Å². The fourth-order valence-electron chi connectivity index (χ4n) is 5.21. The highest BCUT2D eigenvalue weighted by atomic mass is 32.2. The summed E-state index contributed by atoms with van der Waals surface area (Å²) in [5, 5.41) is -0.357. The van der Waals surface area contributed by atoms with Gasteiger partial charge in [0.2, 0.25) is 5.91 Å². The Labute approximate surface area is 260 Å². The predicted molar refractivity (Wildman–Crippen MR) is 168 cm³/mol. The first-order chi connectivity index (χ1) is 21.4. The van der Waals surface area contributed by atoms with Crippen molar-refractivity contribution in [3.05, 3.63) is 89.1 Å². The molecule has 0 atom stereocenters. The molecule has 228 valence electrons. The summed E-state index contributed by atoms with van der Waals surface area (Å²) in [6.07, 6.45) is 5.72. The lowest BCUT2D eigenvalue weighted by atomic mass is 10.2. The van der Waals surface area contributed by atoms with Gasteiger partial charge in [0.25, 0.3) is 11.1 Å². The highest BCUT2D eigenvalue weighted by Gasteiger charge is 2.36. The molecule has 3 fully saturated rings. The Hall–Kier alpha value is -4.15. The van der Waals surface area contributed by atoms with Crippen molar-refractivity contribution in [2.24, 2.45) is 5.92 Å². The summed E-state index contributed by atoms with van der Waals surface area (Å²) < 4.78 is 24.7. The summed E-state index contributed by atoms with van der Waals surface area (Å²) in [6, 6.07) is 19.8. The molecule has 0 aromatic heterocycles. The topological polar surface area (TPSA) is 79.4 Å². The fraction of sp³-hybridized carbons (Fsp3) is 0.324. The largest absolute Gasteiger partial charge is 0.494 e. The number of rotatable bonds is 11. The first-order valence-electron chi connectivity index (χ1n) is 15.0. The average Bonchev–Trinajstić information content (AvgIpc) is 3.85. The van der Waals surface area contributed by atoms with E-state index < -0.39 is 0 Å². The second kappa shape index (κ2) is 13.7. The van der Waals surface area contributed by atoms with Gasteiger partial charge in [0, 0.05) is 32.1 Å². The van der Waals surface area contributed by atoms with Gasteiger partial charge in [-0.3, -0.25) is 19.3 Å². The summed E-state index contributed by atoms with van der Waals surface area (Å²) in [5.41, 5.74) is 1.24. The second-order valence-electron chi connectivity index (χ2n) is 11.1. The van der Waals surface area contributed by atoms with E-state index in [-0.39, 0.29) is 17.0 Å². The zero-order valence-corrected chi connectivity index (χ0v) is 25.1. The van der Waals surface area contributed by atoms with Crippen molar-refractivity contribution in [2.45, 2.75) is 25.7 Å². The molecule has 0 spiro atoms. The minimum Gasteiger partial charge on any atom is -0.494 e. The normalized spacial score (nSPS) is 18.2. The van der Waals surface area contributed by atoms with E-state index in [4.69, 9.17) is 9.47 Å². The molecule has 0 unspecified atom stereocenters. The number of hydrogen-bond acceptors (Lipinski definition) is 7. The van der Waals surface area contributed by atoms with Crippen molar-refractivity contribution in [3.63, 3.8) is 0 Å². The number of imide groups is 1. The van der Waals surface area contributed by atoms with E-state index in [1.54, 1.807) is 66.7 Å². The minimum absolute atomic E-state index is 0.296. The highest BCUT2D eigenvalue weighted by Crippen LogP contribution is 2.36. The fourth-order valence-corrected chi connectivity index (χ4v) is 6.05. The van der Waals surface area contributed by atoms with Gasteiger partial charge in [-0.1, -0.05) is 12.1 Å². The molecule has 44 heavy (non-hydrogen) atoms. The van der Waals surface area contributed by atoms with Crippen LogP contribution in [0.1, 0.15) is 31.2 Å². The Morgan fingerprint density at radius 2 is 1.48 bits per heavy atom. The molecular formula is C34H34FN3O5S.